The summed E-state index contributed by atoms with van der Waals surface area (Å²) in [5.74, 6) is 0. The van der Waals surface area contributed by atoms with E-state index in [9.17, 15) is 0 Å². The molecule has 0 fully saturated rings. The highest BCUT2D eigenvalue weighted by atomic mass is 16.3. The number of hydrogen-bond acceptors (Lipinski definition) is 3. The van der Waals surface area contributed by atoms with Gasteiger partial charge in [-0.15, -0.1) is 0 Å². The second-order valence-corrected chi connectivity index (χ2v) is 26.4. The van der Waals surface area contributed by atoms with Crippen LogP contribution >= 0.6 is 0 Å². The van der Waals surface area contributed by atoms with Gasteiger partial charge in [0.25, 0.3) is 0 Å². The second kappa shape index (κ2) is 19.1. The maximum Gasteiger partial charge on any atom is 0.145 e. The van der Waals surface area contributed by atoms with Crippen molar-refractivity contribution < 1.29 is 4.42 Å². The van der Waals surface area contributed by atoms with E-state index >= 15 is 0 Å². The molecule has 1 heterocycles. The normalized spacial score (nSPS) is 14.4. The predicted molar refractivity (Wildman–Crippen MR) is 375 cm³/mol. The lowest BCUT2D eigenvalue weighted by atomic mass is 9.70. The number of anilines is 6. The third-order valence-electron chi connectivity index (χ3n) is 20.8. The molecule has 0 atom stereocenters. The average molecular weight is 1150 g/mol. The van der Waals surface area contributed by atoms with Crippen molar-refractivity contribution in [3.63, 3.8) is 0 Å². The fraction of sp³-hybridized carbons (Fsp3) is 0.103. The van der Waals surface area contributed by atoms with Gasteiger partial charge in [-0.25, -0.2) is 0 Å². The van der Waals surface area contributed by atoms with Crippen molar-refractivity contribution in [1.29, 1.82) is 0 Å². The molecule has 3 nitrogen and oxygen atoms in total. The zero-order chi connectivity index (χ0) is 60.4. The molecule has 0 saturated carbocycles. The van der Waals surface area contributed by atoms with Crippen LogP contribution in [0, 0.1) is 13.8 Å². The zero-order valence-corrected chi connectivity index (χ0v) is 51.4. The lowest BCUT2D eigenvalue weighted by molar-refractivity contribution is 0.660. The molecule has 3 heteroatoms. The summed E-state index contributed by atoms with van der Waals surface area (Å²) in [7, 11) is 0. The van der Waals surface area contributed by atoms with Gasteiger partial charge in [-0.1, -0.05) is 245 Å². The van der Waals surface area contributed by atoms with Gasteiger partial charge in [0.15, 0.2) is 0 Å². The van der Waals surface area contributed by atoms with Gasteiger partial charge in [-0.3, -0.25) is 0 Å². The Morgan fingerprint density at radius 1 is 0.289 bits per heavy atom. The first kappa shape index (κ1) is 52.4. The van der Waals surface area contributed by atoms with Gasteiger partial charge in [-0.05, 0) is 181 Å². The maximum absolute atomic E-state index is 7.62. The topological polar surface area (TPSA) is 19.6 Å². The molecule has 0 N–H and O–H groups in total. The Labute approximate surface area is 526 Å². The maximum atomic E-state index is 7.62. The van der Waals surface area contributed by atoms with Gasteiger partial charge in [-0.2, -0.15) is 0 Å². The van der Waals surface area contributed by atoms with E-state index in [1.165, 1.54) is 100 Å². The molecule has 13 aromatic carbocycles. The van der Waals surface area contributed by atoms with Crippen LogP contribution in [-0.2, 0) is 16.2 Å². The fourth-order valence-corrected chi connectivity index (χ4v) is 16.7. The van der Waals surface area contributed by atoms with Crippen molar-refractivity contribution in [2.45, 2.75) is 57.8 Å². The molecular formula is C87H64N2O. The van der Waals surface area contributed by atoms with E-state index in [4.69, 9.17) is 4.42 Å². The van der Waals surface area contributed by atoms with Crippen LogP contribution in [0.25, 0.3) is 88.7 Å². The molecule has 1 aromatic heterocycles. The summed E-state index contributed by atoms with van der Waals surface area (Å²) in [4.78, 5) is 5.13. The number of rotatable bonds is 8. The Balaban J connectivity index is 0.954. The first-order valence-electron chi connectivity index (χ1n) is 31.7. The molecule has 0 bridgehead atoms. The van der Waals surface area contributed by atoms with Gasteiger partial charge in [0.1, 0.15) is 11.2 Å². The summed E-state index contributed by atoms with van der Waals surface area (Å²) in [6, 6.07) is 105. The third kappa shape index (κ3) is 7.23. The SMILES string of the molecule is Cc1ccc(N(c2ccc3c(c2)C(C)(C)c2ccccc2-3)c2ccc3c(c2)C2(c4ccccc4-c4ccccc42)c2cc(N(c4ccc5c(c4)C(C)(C)c4ccccc4-5)c4ccc(C)cc4-c4ccccc4)c4c(oc5ccccc54)c2-3)c(-c2ccccc2)c1. The Morgan fingerprint density at radius 3 is 1.23 bits per heavy atom. The smallest absolute Gasteiger partial charge is 0.145 e. The van der Waals surface area contributed by atoms with Crippen molar-refractivity contribution in [3.8, 4) is 66.8 Å². The number of benzene rings is 13. The number of hydrogen-bond donors (Lipinski definition) is 0. The van der Waals surface area contributed by atoms with Crippen molar-refractivity contribution in [2.24, 2.45) is 0 Å². The molecule has 0 aliphatic heterocycles. The largest absolute Gasteiger partial charge is 0.455 e. The predicted octanol–water partition coefficient (Wildman–Crippen LogP) is 23.4. The summed E-state index contributed by atoms with van der Waals surface area (Å²) in [6.07, 6.45) is 0. The first-order chi connectivity index (χ1) is 44.0. The molecule has 0 amide bonds. The minimum absolute atomic E-state index is 0.213. The van der Waals surface area contributed by atoms with Crippen LogP contribution < -0.4 is 9.80 Å². The summed E-state index contributed by atoms with van der Waals surface area (Å²) in [6.45, 7) is 14.0. The Bertz CT molecular complexity index is 5310. The van der Waals surface area contributed by atoms with E-state index in [2.05, 4.69) is 330 Å². The van der Waals surface area contributed by atoms with Gasteiger partial charge in [0.05, 0.1) is 27.9 Å². The highest BCUT2D eigenvalue weighted by Crippen LogP contribution is 2.67. The molecule has 4 aliphatic rings. The average Bonchev–Trinajstić information content (AvgIpc) is 1.49. The van der Waals surface area contributed by atoms with Crippen LogP contribution in [0.3, 0.4) is 0 Å². The molecule has 18 rings (SSSR count). The number of nitrogens with zero attached hydrogens (tertiary/aromatic N) is 2. The monoisotopic (exact) mass is 1150 g/mol. The second-order valence-electron chi connectivity index (χ2n) is 26.4. The van der Waals surface area contributed by atoms with Crippen LogP contribution in [-0.4, -0.2) is 0 Å². The van der Waals surface area contributed by atoms with E-state index in [1.54, 1.807) is 0 Å². The molecular weight excluding hydrogens is 1090 g/mol. The van der Waals surface area contributed by atoms with Crippen LogP contribution in [0.5, 0.6) is 0 Å². The number of aryl methyl sites for hydroxylation is 2. The first-order valence-corrected chi connectivity index (χ1v) is 31.7. The van der Waals surface area contributed by atoms with Gasteiger partial charge >= 0.3 is 0 Å². The Morgan fingerprint density at radius 2 is 0.700 bits per heavy atom. The molecule has 0 unspecified atom stereocenters. The van der Waals surface area contributed by atoms with E-state index in [0.29, 0.717) is 0 Å². The van der Waals surface area contributed by atoms with E-state index in [1.807, 2.05) is 0 Å². The van der Waals surface area contributed by atoms with E-state index in [0.717, 1.165) is 78.3 Å². The molecule has 90 heavy (non-hydrogen) atoms. The number of furan rings is 1. The minimum atomic E-state index is -0.790. The van der Waals surface area contributed by atoms with Crippen molar-refractivity contribution in [3.05, 3.63) is 335 Å². The molecule has 4 aliphatic carbocycles. The van der Waals surface area contributed by atoms with Gasteiger partial charge in [0, 0.05) is 50.0 Å². The number of fused-ring (bicyclic) bond motifs is 20. The summed E-state index contributed by atoms with van der Waals surface area (Å²) >= 11 is 0. The Kier molecular flexibility index (Phi) is 11.1. The molecule has 0 radical (unpaired) electrons. The van der Waals surface area contributed by atoms with Crippen molar-refractivity contribution >= 4 is 56.1 Å². The zero-order valence-electron chi connectivity index (χ0n) is 51.4. The van der Waals surface area contributed by atoms with Gasteiger partial charge in [0.2, 0.25) is 0 Å². The third-order valence-corrected chi connectivity index (χ3v) is 20.8. The van der Waals surface area contributed by atoms with Gasteiger partial charge < -0.3 is 14.2 Å². The Hall–Kier alpha value is -10.7. The van der Waals surface area contributed by atoms with E-state index in [-0.39, 0.29) is 10.8 Å². The van der Waals surface area contributed by atoms with Crippen LogP contribution in [0.15, 0.2) is 283 Å². The van der Waals surface area contributed by atoms with Crippen molar-refractivity contribution in [2.75, 3.05) is 9.80 Å². The molecule has 14 aromatic rings. The highest BCUT2D eigenvalue weighted by molar-refractivity contribution is 6.20. The lowest BCUT2D eigenvalue weighted by Crippen LogP contribution is -2.26. The summed E-state index contributed by atoms with van der Waals surface area (Å²) < 4.78 is 7.62. The molecule has 0 saturated heterocycles. The van der Waals surface area contributed by atoms with Crippen LogP contribution in [0.4, 0.5) is 34.1 Å². The minimum Gasteiger partial charge on any atom is -0.455 e. The number of para-hydroxylation sites is 1. The van der Waals surface area contributed by atoms with E-state index < -0.39 is 5.41 Å². The molecule has 428 valence electrons. The standard InChI is InChI=1S/C87H64N2O/c1-53-37-45-78(68(47-53)55-23-9-7-10-24-55)88(57-39-42-64-60-27-13-18-32-70(60)85(3,4)74(64)49-57)58-41-44-66-76(51-58)87(72-34-20-15-29-62(72)63-30-16-21-35-73(63)87)77-52-80(83-67-31-17-22-36-81(67)90-84(83)82(66)77)89(79-46-38-54(2)48-69(79)56-25-11-8-12-26-56)59-40-43-65-61-28-14-19-33-71(61)86(5,6)75(65)50-59/h7-52H,1-6H3. The fourth-order valence-electron chi connectivity index (χ4n) is 16.7. The van der Waals surface area contributed by atoms with Crippen LogP contribution in [0.2, 0.25) is 0 Å². The molecule has 1 spiro atoms. The quantitative estimate of drug-likeness (QED) is 0.151. The summed E-state index contributed by atoms with van der Waals surface area (Å²) in [5, 5.41) is 2.15. The highest BCUT2D eigenvalue weighted by Gasteiger charge is 2.54. The lowest BCUT2D eigenvalue weighted by Gasteiger charge is -2.34. The summed E-state index contributed by atoms with van der Waals surface area (Å²) in [5.41, 5.74) is 34.4. The van der Waals surface area contributed by atoms with Crippen LogP contribution in [0.1, 0.15) is 83.3 Å². The van der Waals surface area contributed by atoms with Crippen molar-refractivity contribution in [1.82, 2.24) is 0 Å².